The molecule has 0 bridgehead atoms. The first kappa shape index (κ1) is 9.54. The van der Waals surface area contributed by atoms with Gasteiger partial charge in [-0.1, -0.05) is 39.3 Å². The van der Waals surface area contributed by atoms with Gasteiger partial charge in [-0.2, -0.15) is 0 Å². The largest absolute Gasteiger partial charge is 0.213 e. The molecule has 3 aromatic rings. The van der Waals surface area contributed by atoms with Crippen molar-refractivity contribution in [2.24, 2.45) is 0 Å². The van der Waals surface area contributed by atoms with Gasteiger partial charge in [0, 0.05) is 4.47 Å². The van der Waals surface area contributed by atoms with E-state index in [1.165, 1.54) is 0 Å². The van der Waals surface area contributed by atoms with E-state index in [1.54, 1.807) is 0 Å². The second-order valence-electron chi connectivity index (χ2n) is 3.47. The van der Waals surface area contributed by atoms with E-state index in [1.807, 2.05) is 53.2 Å². The van der Waals surface area contributed by atoms with Gasteiger partial charge in [0.15, 0.2) is 0 Å². The molecule has 3 nitrogen and oxygen atoms in total. The van der Waals surface area contributed by atoms with Crippen LogP contribution in [0.3, 0.4) is 0 Å². The third-order valence-electron chi connectivity index (χ3n) is 2.41. The van der Waals surface area contributed by atoms with E-state index in [-0.39, 0.29) is 0 Å². The maximum absolute atomic E-state index is 4.15. The quantitative estimate of drug-likeness (QED) is 0.682. The zero-order chi connectivity index (χ0) is 11.0. The Morgan fingerprint density at radius 1 is 1.00 bits per heavy atom. The van der Waals surface area contributed by atoms with Crippen molar-refractivity contribution in [2.45, 2.75) is 0 Å². The molecule has 0 saturated heterocycles. The van der Waals surface area contributed by atoms with Gasteiger partial charge in [-0.3, -0.25) is 0 Å². The summed E-state index contributed by atoms with van der Waals surface area (Å²) in [6.45, 7) is 0. The van der Waals surface area contributed by atoms with E-state index >= 15 is 0 Å². The first-order valence-electron chi connectivity index (χ1n) is 4.91. The second-order valence-corrected chi connectivity index (χ2v) is 4.39. The number of nitrogens with zero attached hydrogens (tertiary/aromatic N) is 3. The Morgan fingerprint density at radius 2 is 1.81 bits per heavy atom. The number of hydrogen-bond donors (Lipinski definition) is 0. The number of halogens is 1. The maximum atomic E-state index is 4.15. The Bertz CT molecular complexity index is 631. The van der Waals surface area contributed by atoms with Crippen molar-refractivity contribution < 1.29 is 0 Å². The lowest BCUT2D eigenvalue weighted by Crippen LogP contribution is -1.95. The van der Waals surface area contributed by atoms with Gasteiger partial charge in [0.1, 0.15) is 5.52 Å². The number of rotatable bonds is 1. The fourth-order valence-corrected chi connectivity index (χ4v) is 2.00. The molecule has 2 aromatic carbocycles. The first-order valence-corrected chi connectivity index (χ1v) is 5.70. The number of aromatic nitrogens is 3. The predicted octanol–water partition coefficient (Wildman–Crippen LogP) is 3.18. The molecule has 0 N–H and O–H groups in total. The molecule has 4 heteroatoms. The number of para-hydroxylation sites is 1. The molecule has 1 heterocycles. The van der Waals surface area contributed by atoms with Crippen molar-refractivity contribution >= 4 is 27.0 Å². The van der Waals surface area contributed by atoms with Crippen LogP contribution in [0.2, 0.25) is 0 Å². The van der Waals surface area contributed by atoms with Crippen LogP contribution in [0.25, 0.3) is 16.7 Å². The standard InChI is InChI=1S/C12H8BrN3/c13-9-6-7-11-12(8-9)16(15-14-11)10-4-2-1-3-5-10/h1-8H. The van der Waals surface area contributed by atoms with Gasteiger partial charge in [-0.25, -0.2) is 4.68 Å². The molecule has 0 amide bonds. The average Bonchev–Trinajstić information content (AvgIpc) is 2.73. The minimum atomic E-state index is 0.895. The zero-order valence-corrected chi connectivity index (χ0v) is 9.92. The van der Waals surface area contributed by atoms with Gasteiger partial charge >= 0.3 is 0 Å². The molecular formula is C12H8BrN3. The Hall–Kier alpha value is -1.68. The van der Waals surface area contributed by atoms with Crippen molar-refractivity contribution in [3.63, 3.8) is 0 Å². The lowest BCUT2D eigenvalue weighted by atomic mass is 10.3. The summed E-state index contributed by atoms with van der Waals surface area (Å²) in [5.74, 6) is 0. The zero-order valence-electron chi connectivity index (χ0n) is 8.34. The minimum Gasteiger partial charge on any atom is -0.213 e. The average molecular weight is 274 g/mol. The topological polar surface area (TPSA) is 30.7 Å². The third-order valence-corrected chi connectivity index (χ3v) is 2.90. The van der Waals surface area contributed by atoms with Crippen molar-refractivity contribution in [1.29, 1.82) is 0 Å². The van der Waals surface area contributed by atoms with Crippen LogP contribution in [0.1, 0.15) is 0 Å². The van der Waals surface area contributed by atoms with Crippen LogP contribution in [-0.2, 0) is 0 Å². The van der Waals surface area contributed by atoms with Crippen molar-refractivity contribution in [2.75, 3.05) is 0 Å². The summed E-state index contributed by atoms with van der Waals surface area (Å²) in [5, 5.41) is 8.28. The molecule has 0 unspecified atom stereocenters. The van der Waals surface area contributed by atoms with Crippen LogP contribution in [0, 0.1) is 0 Å². The van der Waals surface area contributed by atoms with E-state index in [4.69, 9.17) is 0 Å². The number of benzene rings is 2. The second kappa shape index (κ2) is 3.72. The smallest absolute Gasteiger partial charge is 0.113 e. The van der Waals surface area contributed by atoms with Crippen LogP contribution in [0.15, 0.2) is 53.0 Å². The minimum absolute atomic E-state index is 0.895. The van der Waals surface area contributed by atoms with Gasteiger partial charge in [0.2, 0.25) is 0 Å². The predicted molar refractivity (Wildman–Crippen MR) is 66.6 cm³/mol. The molecule has 1 aromatic heterocycles. The molecular weight excluding hydrogens is 266 g/mol. The van der Waals surface area contributed by atoms with E-state index in [9.17, 15) is 0 Å². The Labute approximate surface area is 101 Å². The van der Waals surface area contributed by atoms with E-state index in [2.05, 4.69) is 26.2 Å². The van der Waals surface area contributed by atoms with E-state index in [0.29, 0.717) is 0 Å². The van der Waals surface area contributed by atoms with Crippen LogP contribution in [-0.4, -0.2) is 15.0 Å². The highest BCUT2D eigenvalue weighted by Crippen LogP contribution is 2.20. The van der Waals surface area contributed by atoms with Gasteiger partial charge < -0.3 is 0 Å². The molecule has 3 rings (SSSR count). The van der Waals surface area contributed by atoms with Gasteiger partial charge in [-0.05, 0) is 30.3 Å². The Morgan fingerprint density at radius 3 is 2.62 bits per heavy atom. The Kier molecular flexibility index (Phi) is 2.22. The van der Waals surface area contributed by atoms with Crippen molar-refractivity contribution in [3.05, 3.63) is 53.0 Å². The molecule has 0 radical (unpaired) electrons. The highest BCUT2D eigenvalue weighted by atomic mass is 79.9. The summed E-state index contributed by atoms with van der Waals surface area (Å²) in [4.78, 5) is 0. The first-order chi connectivity index (χ1) is 7.84. The molecule has 0 atom stereocenters. The van der Waals surface area contributed by atoms with E-state index < -0.39 is 0 Å². The SMILES string of the molecule is Brc1ccc2nnn(-c3ccccc3)c2c1. The molecule has 16 heavy (non-hydrogen) atoms. The Balaban J connectivity index is 2.29. The monoisotopic (exact) mass is 273 g/mol. The van der Waals surface area contributed by atoms with Crippen LogP contribution < -0.4 is 0 Å². The summed E-state index contributed by atoms with van der Waals surface area (Å²) < 4.78 is 2.86. The number of fused-ring (bicyclic) bond motifs is 1. The highest BCUT2D eigenvalue weighted by molar-refractivity contribution is 9.10. The molecule has 78 valence electrons. The van der Waals surface area contributed by atoms with E-state index in [0.717, 1.165) is 21.2 Å². The molecule has 0 spiro atoms. The van der Waals surface area contributed by atoms with Crippen LogP contribution in [0.5, 0.6) is 0 Å². The van der Waals surface area contributed by atoms with Gasteiger partial charge in [0.25, 0.3) is 0 Å². The molecule has 0 saturated carbocycles. The van der Waals surface area contributed by atoms with Crippen LogP contribution >= 0.6 is 15.9 Å². The molecule has 0 aliphatic heterocycles. The van der Waals surface area contributed by atoms with Crippen molar-refractivity contribution in [3.8, 4) is 5.69 Å². The third kappa shape index (κ3) is 1.51. The molecule has 0 aliphatic rings. The highest BCUT2D eigenvalue weighted by Gasteiger charge is 2.05. The lowest BCUT2D eigenvalue weighted by Gasteiger charge is -2.01. The van der Waals surface area contributed by atoms with Crippen LogP contribution in [0.4, 0.5) is 0 Å². The summed E-state index contributed by atoms with van der Waals surface area (Å²) in [5.41, 5.74) is 2.91. The normalized spacial score (nSPS) is 10.8. The number of hydrogen-bond acceptors (Lipinski definition) is 2. The maximum Gasteiger partial charge on any atom is 0.113 e. The van der Waals surface area contributed by atoms with Gasteiger partial charge in [-0.15, -0.1) is 5.10 Å². The summed E-state index contributed by atoms with van der Waals surface area (Å²) in [7, 11) is 0. The van der Waals surface area contributed by atoms with Gasteiger partial charge in [0.05, 0.1) is 11.2 Å². The fourth-order valence-electron chi connectivity index (χ4n) is 1.65. The molecule has 0 fully saturated rings. The summed E-state index contributed by atoms with van der Waals surface area (Å²) in [6.07, 6.45) is 0. The summed E-state index contributed by atoms with van der Waals surface area (Å²) >= 11 is 3.45. The van der Waals surface area contributed by atoms with Crippen molar-refractivity contribution in [1.82, 2.24) is 15.0 Å². The lowest BCUT2D eigenvalue weighted by molar-refractivity contribution is 0.824. The molecule has 0 aliphatic carbocycles. The fraction of sp³-hybridized carbons (Fsp3) is 0. The summed E-state index contributed by atoms with van der Waals surface area (Å²) in [6, 6.07) is 15.9.